The van der Waals surface area contributed by atoms with Crippen molar-refractivity contribution in [3.63, 3.8) is 0 Å². The third-order valence-corrected chi connectivity index (χ3v) is 4.00. The first-order valence-corrected chi connectivity index (χ1v) is 8.17. The van der Waals surface area contributed by atoms with Gasteiger partial charge in [0.15, 0.2) is 0 Å². The number of nitrogens with one attached hydrogen (secondary N) is 3. The number of benzene rings is 2. The van der Waals surface area contributed by atoms with Gasteiger partial charge in [0.2, 0.25) is 0 Å². The van der Waals surface area contributed by atoms with E-state index in [-0.39, 0.29) is 11.5 Å². The van der Waals surface area contributed by atoms with Crippen LogP contribution in [0.2, 0.25) is 0 Å². The monoisotopic (exact) mass is 400 g/mol. The zero-order chi connectivity index (χ0) is 18.4. The molecule has 0 spiro atoms. The lowest BCUT2D eigenvalue weighted by atomic mass is 9.96. The summed E-state index contributed by atoms with van der Waals surface area (Å²) in [7, 11) is 1.61. The highest BCUT2D eigenvalue weighted by atomic mass is 79.9. The van der Waals surface area contributed by atoms with Crippen molar-refractivity contribution in [3.05, 3.63) is 58.1 Å². The number of rotatable bonds is 7. The van der Waals surface area contributed by atoms with Gasteiger partial charge in [-0.05, 0) is 35.9 Å². The SMILES string of the molecule is CN=CC(C=N)c1ccc(Nc2cccc(Br)c2)c(C(=N)C(=O)O)c1. The Hall–Kier alpha value is -2.80. The molecule has 4 N–H and O–H groups in total. The molecule has 0 amide bonds. The molecule has 0 radical (unpaired) electrons. The van der Waals surface area contributed by atoms with Crippen molar-refractivity contribution in [2.75, 3.05) is 12.4 Å². The first kappa shape index (κ1) is 18.5. The normalized spacial score (nSPS) is 11.9. The summed E-state index contributed by atoms with van der Waals surface area (Å²) in [6.07, 6.45) is 2.82. The summed E-state index contributed by atoms with van der Waals surface area (Å²) >= 11 is 3.39. The first-order valence-electron chi connectivity index (χ1n) is 7.38. The van der Waals surface area contributed by atoms with E-state index in [1.165, 1.54) is 6.21 Å². The van der Waals surface area contributed by atoms with Gasteiger partial charge in [0, 0.05) is 40.9 Å². The lowest BCUT2D eigenvalue weighted by Crippen LogP contribution is -2.16. The number of nitrogens with zero attached hydrogens (tertiary/aromatic N) is 1. The number of carboxylic acid groups (broad SMARTS) is 1. The van der Waals surface area contributed by atoms with Crippen LogP contribution in [0.5, 0.6) is 0 Å². The second-order valence-corrected chi connectivity index (χ2v) is 6.14. The van der Waals surface area contributed by atoms with Crippen molar-refractivity contribution in [3.8, 4) is 0 Å². The van der Waals surface area contributed by atoms with E-state index in [9.17, 15) is 9.90 Å². The van der Waals surface area contributed by atoms with Crippen molar-refractivity contribution in [2.24, 2.45) is 4.99 Å². The number of carbonyl (C=O) groups is 1. The highest BCUT2D eigenvalue weighted by molar-refractivity contribution is 9.10. The van der Waals surface area contributed by atoms with E-state index in [0.29, 0.717) is 11.3 Å². The van der Waals surface area contributed by atoms with Crippen LogP contribution in [0.1, 0.15) is 17.0 Å². The van der Waals surface area contributed by atoms with E-state index in [1.54, 1.807) is 31.5 Å². The van der Waals surface area contributed by atoms with E-state index in [0.717, 1.165) is 10.2 Å². The first-order chi connectivity index (χ1) is 12.0. The second-order valence-electron chi connectivity index (χ2n) is 5.22. The summed E-state index contributed by atoms with van der Waals surface area (Å²) in [6, 6.07) is 12.5. The van der Waals surface area contributed by atoms with Gasteiger partial charge in [-0.3, -0.25) is 10.4 Å². The van der Waals surface area contributed by atoms with Crippen LogP contribution in [0.25, 0.3) is 0 Å². The Morgan fingerprint density at radius 3 is 2.68 bits per heavy atom. The van der Waals surface area contributed by atoms with Gasteiger partial charge in [0.05, 0.1) is 5.92 Å². The van der Waals surface area contributed by atoms with E-state index < -0.39 is 11.7 Å². The number of aliphatic imine (C=N–C) groups is 1. The minimum Gasteiger partial charge on any atom is -0.477 e. The maximum Gasteiger partial charge on any atom is 0.354 e. The second kappa shape index (κ2) is 8.34. The molecule has 1 unspecified atom stereocenters. The van der Waals surface area contributed by atoms with Crippen LogP contribution in [0.15, 0.2) is 51.9 Å². The van der Waals surface area contributed by atoms with E-state index in [1.807, 2.05) is 24.3 Å². The summed E-state index contributed by atoms with van der Waals surface area (Å²) in [5, 5.41) is 27.8. The molecule has 0 aromatic heterocycles. The third-order valence-electron chi connectivity index (χ3n) is 3.50. The van der Waals surface area contributed by atoms with Crippen LogP contribution in [0, 0.1) is 10.8 Å². The van der Waals surface area contributed by atoms with Crippen molar-refractivity contribution < 1.29 is 9.90 Å². The topological polar surface area (TPSA) is 109 Å². The van der Waals surface area contributed by atoms with Gasteiger partial charge in [-0.2, -0.15) is 0 Å². The zero-order valence-electron chi connectivity index (χ0n) is 13.5. The summed E-state index contributed by atoms with van der Waals surface area (Å²) in [4.78, 5) is 15.2. The molecule has 2 aromatic carbocycles. The largest absolute Gasteiger partial charge is 0.477 e. The molecule has 0 aliphatic carbocycles. The fraction of sp³-hybridized carbons (Fsp3) is 0.111. The van der Waals surface area contributed by atoms with Crippen LogP contribution >= 0.6 is 15.9 Å². The molecule has 25 heavy (non-hydrogen) atoms. The van der Waals surface area contributed by atoms with E-state index in [2.05, 4.69) is 26.2 Å². The molecule has 0 fully saturated rings. The van der Waals surface area contributed by atoms with Crippen LogP contribution in [0.4, 0.5) is 11.4 Å². The molecule has 2 aromatic rings. The van der Waals surface area contributed by atoms with E-state index >= 15 is 0 Å². The van der Waals surface area contributed by atoms with Gasteiger partial charge in [-0.25, -0.2) is 4.79 Å². The molecule has 2 rings (SSSR count). The Kier molecular flexibility index (Phi) is 6.19. The summed E-state index contributed by atoms with van der Waals surface area (Å²) in [5.41, 5.74) is 1.70. The predicted molar refractivity (Wildman–Crippen MR) is 104 cm³/mol. The molecule has 0 aliphatic heterocycles. The van der Waals surface area contributed by atoms with Gasteiger partial charge >= 0.3 is 5.97 Å². The quantitative estimate of drug-likeness (QED) is 0.525. The third kappa shape index (κ3) is 4.60. The molecule has 0 aliphatic rings. The number of hydrogen-bond donors (Lipinski definition) is 4. The lowest BCUT2D eigenvalue weighted by molar-refractivity contribution is -0.129. The Labute approximate surface area is 153 Å². The zero-order valence-corrected chi connectivity index (χ0v) is 15.0. The number of hydrogen-bond acceptors (Lipinski definition) is 5. The van der Waals surface area contributed by atoms with Gasteiger partial charge in [-0.15, -0.1) is 0 Å². The van der Waals surface area contributed by atoms with Crippen molar-refractivity contribution in [1.82, 2.24) is 0 Å². The number of anilines is 2. The maximum atomic E-state index is 11.3. The van der Waals surface area contributed by atoms with Crippen molar-refractivity contribution in [2.45, 2.75) is 5.92 Å². The Morgan fingerprint density at radius 2 is 2.08 bits per heavy atom. The molecule has 0 bridgehead atoms. The summed E-state index contributed by atoms with van der Waals surface area (Å²) < 4.78 is 0.881. The summed E-state index contributed by atoms with van der Waals surface area (Å²) in [6.45, 7) is 0. The van der Waals surface area contributed by atoms with Crippen LogP contribution in [0.3, 0.4) is 0 Å². The maximum absolute atomic E-state index is 11.3. The fourth-order valence-electron chi connectivity index (χ4n) is 2.31. The van der Waals surface area contributed by atoms with Gasteiger partial charge in [0.25, 0.3) is 0 Å². The Morgan fingerprint density at radius 1 is 1.32 bits per heavy atom. The highest BCUT2D eigenvalue weighted by Crippen LogP contribution is 2.26. The van der Waals surface area contributed by atoms with Crippen LogP contribution < -0.4 is 5.32 Å². The number of aliphatic carboxylic acids is 1. The molecular formula is C18H17BrN4O2. The predicted octanol–water partition coefficient (Wildman–Crippen LogP) is 4.08. The molecular weight excluding hydrogens is 384 g/mol. The Balaban J connectivity index is 2.49. The van der Waals surface area contributed by atoms with E-state index in [4.69, 9.17) is 10.8 Å². The number of halogens is 1. The molecule has 7 heteroatoms. The van der Waals surface area contributed by atoms with Crippen LogP contribution in [-0.2, 0) is 4.79 Å². The minimum absolute atomic E-state index is 0.251. The standard InChI is InChI=1S/C18H17BrN4O2/c1-22-10-12(9-20)11-5-6-16(15(7-11)17(21)18(24)25)23-14-4-2-3-13(19)8-14/h2-10,12,20-21,23H,1H3,(H,24,25). The lowest BCUT2D eigenvalue weighted by Gasteiger charge is -2.15. The van der Waals surface area contributed by atoms with Gasteiger partial charge in [0.1, 0.15) is 5.71 Å². The minimum atomic E-state index is -1.31. The molecule has 0 saturated carbocycles. The molecule has 6 nitrogen and oxygen atoms in total. The van der Waals surface area contributed by atoms with Crippen molar-refractivity contribution in [1.29, 1.82) is 10.8 Å². The smallest absolute Gasteiger partial charge is 0.354 e. The van der Waals surface area contributed by atoms with Gasteiger partial charge < -0.3 is 15.8 Å². The fourth-order valence-corrected chi connectivity index (χ4v) is 2.71. The summed E-state index contributed by atoms with van der Waals surface area (Å²) in [5.74, 6) is -1.68. The highest BCUT2D eigenvalue weighted by Gasteiger charge is 2.17. The Bertz CT molecular complexity index is 849. The van der Waals surface area contributed by atoms with Crippen molar-refractivity contribution >= 4 is 51.4 Å². The number of carboxylic acids is 1. The molecule has 0 saturated heterocycles. The van der Waals surface area contributed by atoms with Gasteiger partial charge in [-0.1, -0.05) is 28.1 Å². The molecule has 128 valence electrons. The van der Waals surface area contributed by atoms with Crippen LogP contribution in [-0.4, -0.2) is 36.3 Å². The molecule has 1 atom stereocenters. The molecule has 0 heterocycles. The average Bonchev–Trinajstić information content (AvgIpc) is 2.59. The average molecular weight is 401 g/mol.